The third-order valence-electron chi connectivity index (χ3n) is 4.42. The average Bonchev–Trinajstić information content (AvgIpc) is 2.99. The third kappa shape index (κ3) is 3.54. The maximum Gasteiger partial charge on any atom is 0.253 e. The van der Waals surface area contributed by atoms with Crippen LogP contribution in [0.15, 0.2) is 54.6 Å². The molecule has 2 aromatic rings. The van der Waals surface area contributed by atoms with Gasteiger partial charge in [0.15, 0.2) is 0 Å². The molecule has 1 amide bonds. The van der Waals surface area contributed by atoms with Gasteiger partial charge < -0.3 is 15.4 Å². The summed E-state index contributed by atoms with van der Waals surface area (Å²) in [7, 11) is 0. The number of likely N-dealkylation sites (tertiary alicyclic amines) is 1. The number of carbonyl (C=O) groups excluding carboxylic acids is 1. The van der Waals surface area contributed by atoms with Crippen LogP contribution in [0.3, 0.4) is 0 Å². The first-order valence-corrected chi connectivity index (χ1v) is 7.92. The zero-order valence-electron chi connectivity index (χ0n) is 13.4. The molecule has 0 aliphatic carbocycles. The van der Waals surface area contributed by atoms with Gasteiger partial charge in [-0.1, -0.05) is 25.1 Å². The molecule has 2 aromatic carbocycles. The van der Waals surface area contributed by atoms with E-state index < -0.39 is 0 Å². The molecule has 2 N–H and O–H groups in total. The van der Waals surface area contributed by atoms with Crippen molar-refractivity contribution in [3.05, 3.63) is 60.2 Å². The number of ether oxygens (including phenoxy) is 1. The van der Waals surface area contributed by atoms with Crippen molar-refractivity contribution < 1.29 is 9.53 Å². The molecule has 1 heterocycles. The number of nitrogens with two attached hydrogens (primary N) is 1. The van der Waals surface area contributed by atoms with Gasteiger partial charge in [-0.3, -0.25) is 4.79 Å². The number of para-hydroxylation sites is 1. The molecular weight excluding hydrogens is 288 g/mol. The maximum atomic E-state index is 12.6. The van der Waals surface area contributed by atoms with Crippen LogP contribution in [0.1, 0.15) is 23.7 Å². The summed E-state index contributed by atoms with van der Waals surface area (Å²) in [6.07, 6.45) is 0.963. The van der Waals surface area contributed by atoms with Crippen LogP contribution in [0.25, 0.3) is 0 Å². The maximum absolute atomic E-state index is 12.6. The fraction of sp³-hybridized carbons (Fsp3) is 0.316. The molecular formula is C19H22N2O2. The van der Waals surface area contributed by atoms with Crippen LogP contribution in [-0.2, 0) is 0 Å². The minimum absolute atomic E-state index is 0.0476. The van der Waals surface area contributed by atoms with Crippen molar-refractivity contribution in [1.82, 2.24) is 4.90 Å². The Morgan fingerprint density at radius 1 is 1.13 bits per heavy atom. The Balaban J connectivity index is 1.66. The van der Waals surface area contributed by atoms with Crippen molar-refractivity contribution in [1.29, 1.82) is 0 Å². The number of hydrogen-bond donors (Lipinski definition) is 1. The predicted molar refractivity (Wildman–Crippen MR) is 90.6 cm³/mol. The number of nitrogens with zero attached hydrogens (tertiary/aromatic N) is 1. The highest BCUT2D eigenvalue weighted by Gasteiger charge is 2.35. The lowest BCUT2D eigenvalue weighted by Crippen LogP contribution is -2.34. The lowest BCUT2D eigenvalue weighted by atomic mass is 9.90. The molecule has 0 bridgehead atoms. The highest BCUT2D eigenvalue weighted by atomic mass is 16.5. The van der Waals surface area contributed by atoms with E-state index in [0.717, 1.165) is 31.0 Å². The van der Waals surface area contributed by atoms with Crippen LogP contribution >= 0.6 is 0 Å². The highest BCUT2D eigenvalue weighted by molar-refractivity contribution is 5.94. The summed E-state index contributed by atoms with van der Waals surface area (Å²) in [5, 5.41) is 0. The quantitative estimate of drug-likeness (QED) is 0.943. The third-order valence-corrected chi connectivity index (χ3v) is 4.42. The summed E-state index contributed by atoms with van der Waals surface area (Å²) in [5.74, 6) is 1.57. The van der Waals surface area contributed by atoms with E-state index >= 15 is 0 Å². The Bertz CT molecular complexity index is 670. The van der Waals surface area contributed by atoms with Gasteiger partial charge >= 0.3 is 0 Å². The van der Waals surface area contributed by atoms with Crippen molar-refractivity contribution in [2.45, 2.75) is 13.3 Å². The van der Waals surface area contributed by atoms with E-state index in [1.807, 2.05) is 59.5 Å². The summed E-state index contributed by atoms with van der Waals surface area (Å²) in [4.78, 5) is 14.5. The SMILES string of the molecule is CC1(CN)CCN(C(=O)c2ccc(Oc3ccccc3)cc2)C1. The monoisotopic (exact) mass is 310 g/mol. The van der Waals surface area contributed by atoms with Crippen LogP contribution in [0.5, 0.6) is 11.5 Å². The van der Waals surface area contributed by atoms with Gasteiger partial charge in [-0.15, -0.1) is 0 Å². The van der Waals surface area contributed by atoms with Gasteiger partial charge in [0.2, 0.25) is 0 Å². The lowest BCUT2D eigenvalue weighted by Gasteiger charge is -2.22. The van der Waals surface area contributed by atoms with Gasteiger partial charge in [0.05, 0.1) is 0 Å². The zero-order valence-corrected chi connectivity index (χ0v) is 13.4. The number of hydrogen-bond acceptors (Lipinski definition) is 3. The minimum Gasteiger partial charge on any atom is -0.457 e. The second-order valence-electron chi connectivity index (χ2n) is 6.43. The topological polar surface area (TPSA) is 55.6 Å². The summed E-state index contributed by atoms with van der Waals surface area (Å²) < 4.78 is 5.75. The molecule has 4 nitrogen and oxygen atoms in total. The predicted octanol–water partition coefficient (Wildman–Crippen LogP) is 3.29. The fourth-order valence-electron chi connectivity index (χ4n) is 2.84. The number of carbonyl (C=O) groups is 1. The van der Waals surface area contributed by atoms with Gasteiger partial charge in [-0.2, -0.15) is 0 Å². The smallest absolute Gasteiger partial charge is 0.253 e. The Hall–Kier alpha value is -2.33. The van der Waals surface area contributed by atoms with Gasteiger partial charge in [0.25, 0.3) is 5.91 Å². The average molecular weight is 310 g/mol. The van der Waals surface area contributed by atoms with E-state index in [4.69, 9.17) is 10.5 Å². The molecule has 0 spiro atoms. The summed E-state index contributed by atoms with van der Waals surface area (Å²) in [6, 6.07) is 16.9. The van der Waals surface area contributed by atoms with Gasteiger partial charge in [-0.05, 0) is 54.8 Å². The van der Waals surface area contributed by atoms with E-state index in [0.29, 0.717) is 12.1 Å². The standard InChI is InChI=1S/C19H22N2O2/c1-19(13-20)11-12-21(14-19)18(22)15-7-9-17(10-8-15)23-16-5-3-2-4-6-16/h2-10H,11-14,20H2,1H3. The van der Waals surface area contributed by atoms with Crippen molar-refractivity contribution in [2.75, 3.05) is 19.6 Å². The van der Waals surface area contributed by atoms with E-state index in [1.54, 1.807) is 0 Å². The summed E-state index contributed by atoms with van der Waals surface area (Å²) in [6.45, 7) is 4.25. The number of rotatable bonds is 4. The molecule has 1 atom stereocenters. The normalized spacial score (nSPS) is 20.5. The summed E-state index contributed by atoms with van der Waals surface area (Å²) in [5.41, 5.74) is 6.54. The zero-order chi connectivity index (χ0) is 16.3. The molecule has 0 aromatic heterocycles. The Morgan fingerprint density at radius 3 is 2.39 bits per heavy atom. The molecule has 23 heavy (non-hydrogen) atoms. The van der Waals surface area contributed by atoms with Crippen molar-refractivity contribution in [3.8, 4) is 11.5 Å². The Morgan fingerprint density at radius 2 is 1.78 bits per heavy atom. The highest BCUT2D eigenvalue weighted by Crippen LogP contribution is 2.30. The van der Waals surface area contributed by atoms with Crippen LogP contribution in [0.2, 0.25) is 0 Å². The summed E-state index contributed by atoms with van der Waals surface area (Å²) >= 11 is 0. The molecule has 0 saturated carbocycles. The van der Waals surface area contributed by atoms with Gasteiger partial charge in [-0.25, -0.2) is 0 Å². The number of benzene rings is 2. The van der Waals surface area contributed by atoms with Gasteiger partial charge in [0.1, 0.15) is 11.5 Å². The Kier molecular flexibility index (Phi) is 4.35. The second kappa shape index (κ2) is 6.42. The molecule has 1 unspecified atom stereocenters. The molecule has 3 rings (SSSR count). The molecule has 4 heteroatoms. The minimum atomic E-state index is 0.0476. The van der Waals surface area contributed by atoms with Crippen molar-refractivity contribution in [2.24, 2.45) is 11.1 Å². The fourth-order valence-corrected chi connectivity index (χ4v) is 2.84. The molecule has 1 aliphatic rings. The van der Waals surface area contributed by atoms with Crippen LogP contribution < -0.4 is 10.5 Å². The van der Waals surface area contributed by atoms with Crippen LogP contribution in [0.4, 0.5) is 0 Å². The van der Waals surface area contributed by atoms with Crippen molar-refractivity contribution >= 4 is 5.91 Å². The first-order chi connectivity index (χ1) is 11.1. The second-order valence-corrected chi connectivity index (χ2v) is 6.43. The molecule has 120 valence electrons. The molecule has 1 fully saturated rings. The largest absolute Gasteiger partial charge is 0.457 e. The number of amides is 1. The van der Waals surface area contributed by atoms with E-state index in [-0.39, 0.29) is 11.3 Å². The van der Waals surface area contributed by atoms with Crippen LogP contribution in [-0.4, -0.2) is 30.4 Å². The van der Waals surface area contributed by atoms with Crippen molar-refractivity contribution in [3.63, 3.8) is 0 Å². The molecule has 1 aliphatic heterocycles. The Labute approximate surface area is 136 Å². The first kappa shape index (κ1) is 15.6. The molecule has 1 saturated heterocycles. The van der Waals surface area contributed by atoms with E-state index in [1.165, 1.54) is 0 Å². The van der Waals surface area contributed by atoms with Gasteiger partial charge in [0, 0.05) is 18.7 Å². The molecule has 0 radical (unpaired) electrons. The first-order valence-electron chi connectivity index (χ1n) is 7.92. The van der Waals surface area contributed by atoms with Crippen LogP contribution in [0, 0.1) is 5.41 Å². The lowest BCUT2D eigenvalue weighted by molar-refractivity contribution is 0.0777. The van der Waals surface area contributed by atoms with E-state index in [2.05, 4.69) is 6.92 Å². The van der Waals surface area contributed by atoms with E-state index in [9.17, 15) is 4.79 Å².